The molecule has 166 valence electrons. The van der Waals surface area contributed by atoms with Crippen LogP contribution in [-0.4, -0.2) is 33.8 Å². The lowest BCUT2D eigenvalue weighted by Gasteiger charge is -2.26. The Labute approximate surface area is 197 Å². The summed E-state index contributed by atoms with van der Waals surface area (Å²) in [6.07, 6.45) is 3.16. The average molecular weight is 481 g/mol. The molecular weight excluding hydrogens is 464 g/mol. The first-order valence-electron chi connectivity index (χ1n) is 9.96. The zero-order valence-electron chi connectivity index (χ0n) is 17.3. The van der Waals surface area contributed by atoms with E-state index in [0.29, 0.717) is 27.3 Å². The Balaban J connectivity index is 1.61. The van der Waals surface area contributed by atoms with Gasteiger partial charge in [-0.05, 0) is 41.3 Å². The molecule has 3 aromatic heterocycles. The van der Waals surface area contributed by atoms with Crippen molar-refractivity contribution in [1.29, 1.82) is 0 Å². The smallest absolute Gasteiger partial charge is 0.290 e. The topological polar surface area (TPSA) is 92.9 Å². The number of furan rings is 1. The molecule has 0 saturated carbocycles. The van der Waals surface area contributed by atoms with Crippen LogP contribution in [0.5, 0.6) is 5.75 Å². The number of carbonyl (C=O) groups is 2. The van der Waals surface area contributed by atoms with E-state index >= 15 is 0 Å². The molecule has 4 aromatic rings. The first-order valence-corrected chi connectivity index (χ1v) is 11.2. The van der Waals surface area contributed by atoms with Crippen LogP contribution in [0.4, 0.5) is 0 Å². The van der Waals surface area contributed by atoms with Crippen LogP contribution in [-0.2, 0) is 11.3 Å². The highest BCUT2D eigenvalue weighted by Gasteiger charge is 2.44. The molecule has 1 amide bonds. The van der Waals surface area contributed by atoms with Crippen LogP contribution in [0, 0.1) is 0 Å². The van der Waals surface area contributed by atoms with Gasteiger partial charge >= 0.3 is 0 Å². The Kier molecular flexibility index (Phi) is 5.39. The lowest BCUT2D eigenvalue weighted by molar-refractivity contribution is -0.130. The highest BCUT2D eigenvalue weighted by Crippen LogP contribution is 2.41. The summed E-state index contributed by atoms with van der Waals surface area (Å²) < 4.78 is 11.1. The van der Waals surface area contributed by atoms with Crippen molar-refractivity contribution >= 4 is 45.6 Å². The molecule has 1 atom stereocenters. The van der Waals surface area contributed by atoms with Gasteiger partial charge < -0.3 is 19.2 Å². The fourth-order valence-corrected chi connectivity index (χ4v) is 4.91. The number of aliphatic hydroxyl groups excluding tert-OH is 1. The Morgan fingerprint density at radius 2 is 2.06 bits per heavy atom. The summed E-state index contributed by atoms with van der Waals surface area (Å²) in [5, 5.41) is 13.7. The zero-order valence-corrected chi connectivity index (χ0v) is 18.9. The van der Waals surface area contributed by atoms with Crippen LogP contribution in [0.2, 0.25) is 5.02 Å². The maximum absolute atomic E-state index is 13.6. The van der Waals surface area contributed by atoms with Crippen LogP contribution in [0.25, 0.3) is 11.0 Å². The number of hydrogen-bond donors (Lipinski definition) is 1. The molecule has 1 aromatic carbocycles. The number of rotatable bonds is 6. The van der Waals surface area contributed by atoms with E-state index in [1.54, 1.807) is 36.7 Å². The van der Waals surface area contributed by atoms with Crippen LogP contribution in [0.3, 0.4) is 0 Å². The number of nitrogens with zero attached hydrogens (tertiary/aromatic N) is 2. The third-order valence-electron chi connectivity index (χ3n) is 5.47. The molecule has 33 heavy (non-hydrogen) atoms. The third-order valence-corrected chi connectivity index (χ3v) is 6.55. The SMILES string of the molecule is COc1cc(Cl)cc2cc(C(=O)C3=C(O)C(=O)N(Cc4cccs4)C3c3ccncc3)oc12. The van der Waals surface area contributed by atoms with Crippen molar-refractivity contribution in [2.24, 2.45) is 0 Å². The van der Waals surface area contributed by atoms with E-state index in [2.05, 4.69) is 4.98 Å². The highest BCUT2D eigenvalue weighted by molar-refractivity contribution is 7.09. The molecule has 1 aliphatic rings. The molecule has 0 bridgehead atoms. The van der Waals surface area contributed by atoms with Gasteiger partial charge in [-0.2, -0.15) is 0 Å². The Morgan fingerprint density at radius 1 is 1.27 bits per heavy atom. The number of aromatic nitrogens is 1. The average Bonchev–Trinajstić information content (AvgIpc) is 3.54. The second-order valence-electron chi connectivity index (χ2n) is 7.42. The van der Waals surface area contributed by atoms with Crippen molar-refractivity contribution in [2.45, 2.75) is 12.6 Å². The number of benzene rings is 1. The number of carbonyl (C=O) groups excluding carboxylic acids is 2. The van der Waals surface area contributed by atoms with Crippen molar-refractivity contribution in [2.75, 3.05) is 7.11 Å². The molecule has 5 rings (SSSR count). The highest BCUT2D eigenvalue weighted by atomic mass is 35.5. The summed E-state index contributed by atoms with van der Waals surface area (Å²) in [6, 6.07) is 11.2. The molecule has 1 unspecified atom stereocenters. The van der Waals surface area contributed by atoms with E-state index in [4.69, 9.17) is 20.8 Å². The number of amides is 1. The number of ether oxygens (including phenoxy) is 1. The standard InChI is InChI=1S/C24H17ClN2O5S/c1-31-18-11-15(25)9-14-10-17(32-23(14)18)21(28)19-20(13-4-6-26-7-5-13)27(24(30)22(19)29)12-16-3-2-8-33-16/h2-11,20,29H,12H2,1H3. The van der Waals surface area contributed by atoms with Gasteiger partial charge in [-0.3, -0.25) is 14.6 Å². The minimum Gasteiger partial charge on any atom is -0.503 e. The minimum absolute atomic E-state index is 0.0306. The maximum atomic E-state index is 13.6. The first kappa shape index (κ1) is 21.2. The second-order valence-corrected chi connectivity index (χ2v) is 8.89. The number of aliphatic hydroxyl groups is 1. The predicted octanol–water partition coefficient (Wildman–Crippen LogP) is 5.33. The lowest BCUT2D eigenvalue weighted by Crippen LogP contribution is -2.30. The largest absolute Gasteiger partial charge is 0.503 e. The van der Waals surface area contributed by atoms with E-state index in [9.17, 15) is 14.7 Å². The van der Waals surface area contributed by atoms with Crippen molar-refractivity contribution < 1.29 is 23.8 Å². The molecule has 0 radical (unpaired) electrons. The number of fused-ring (bicyclic) bond motifs is 1. The van der Waals surface area contributed by atoms with Crippen LogP contribution in [0.15, 0.2) is 76.0 Å². The van der Waals surface area contributed by atoms with Gasteiger partial charge in [-0.15, -0.1) is 11.3 Å². The van der Waals surface area contributed by atoms with Crippen molar-refractivity contribution in [3.05, 3.63) is 92.8 Å². The zero-order chi connectivity index (χ0) is 23.1. The van der Waals surface area contributed by atoms with Gasteiger partial charge in [0, 0.05) is 33.7 Å². The summed E-state index contributed by atoms with van der Waals surface area (Å²) in [7, 11) is 1.47. The predicted molar refractivity (Wildman–Crippen MR) is 124 cm³/mol. The normalized spacial score (nSPS) is 16.1. The number of halogens is 1. The Morgan fingerprint density at radius 3 is 2.76 bits per heavy atom. The number of hydrogen-bond acceptors (Lipinski definition) is 7. The van der Waals surface area contributed by atoms with Gasteiger partial charge in [0.25, 0.3) is 5.91 Å². The Hall–Kier alpha value is -3.62. The molecule has 1 aliphatic heterocycles. The van der Waals surface area contributed by atoms with Crippen LogP contribution >= 0.6 is 22.9 Å². The number of ketones is 1. The summed E-state index contributed by atoms with van der Waals surface area (Å²) in [5.41, 5.74) is 0.955. The summed E-state index contributed by atoms with van der Waals surface area (Å²) in [4.78, 5) is 33.1. The Bertz CT molecular complexity index is 1400. The molecule has 0 saturated heterocycles. The van der Waals surface area contributed by atoms with Gasteiger partial charge in [-0.1, -0.05) is 17.7 Å². The second kappa shape index (κ2) is 8.38. The van der Waals surface area contributed by atoms with Crippen molar-refractivity contribution in [1.82, 2.24) is 9.88 Å². The maximum Gasteiger partial charge on any atom is 0.290 e. The van der Waals surface area contributed by atoms with Crippen molar-refractivity contribution in [3.63, 3.8) is 0 Å². The van der Waals surface area contributed by atoms with Crippen LogP contribution in [0.1, 0.15) is 27.0 Å². The van der Waals surface area contributed by atoms with E-state index in [1.165, 1.54) is 29.4 Å². The summed E-state index contributed by atoms with van der Waals surface area (Å²) in [6.45, 7) is 0.244. The molecule has 0 fully saturated rings. The van der Waals surface area contributed by atoms with Gasteiger partial charge in [0.1, 0.15) is 0 Å². The van der Waals surface area contributed by atoms with Crippen LogP contribution < -0.4 is 4.74 Å². The number of methoxy groups -OCH3 is 1. The van der Waals surface area contributed by atoms with E-state index in [-0.39, 0.29) is 17.9 Å². The molecule has 0 spiro atoms. The lowest BCUT2D eigenvalue weighted by atomic mass is 9.95. The van der Waals surface area contributed by atoms with Gasteiger partial charge in [0.05, 0.1) is 25.3 Å². The molecule has 9 heteroatoms. The molecule has 7 nitrogen and oxygen atoms in total. The monoisotopic (exact) mass is 480 g/mol. The number of Topliss-reactive ketones (excluding diaryl/α,β-unsaturated/α-hetero) is 1. The van der Waals surface area contributed by atoms with E-state index in [1.807, 2.05) is 17.5 Å². The number of pyridine rings is 1. The molecular formula is C24H17ClN2O5S. The first-order chi connectivity index (χ1) is 16.0. The van der Waals surface area contributed by atoms with Gasteiger partial charge in [0.2, 0.25) is 5.78 Å². The van der Waals surface area contributed by atoms with Gasteiger partial charge in [0.15, 0.2) is 22.9 Å². The minimum atomic E-state index is -0.797. The van der Waals surface area contributed by atoms with E-state index in [0.717, 1.165) is 4.88 Å². The molecule has 4 heterocycles. The van der Waals surface area contributed by atoms with Crippen molar-refractivity contribution in [3.8, 4) is 5.75 Å². The number of thiophene rings is 1. The summed E-state index contributed by atoms with van der Waals surface area (Å²) >= 11 is 7.63. The third kappa shape index (κ3) is 3.67. The molecule has 0 aliphatic carbocycles. The van der Waals surface area contributed by atoms with Gasteiger partial charge in [-0.25, -0.2) is 0 Å². The fraction of sp³-hybridized carbons (Fsp3) is 0.125. The summed E-state index contributed by atoms with van der Waals surface area (Å²) in [5.74, 6) is -1.46. The fourth-order valence-electron chi connectivity index (χ4n) is 3.99. The molecule has 1 N–H and O–H groups in total. The van der Waals surface area contributed by atoms with E-state index < -0.39 is 23.5 Å². The quantitative estimate of drug-likeness (QED) is 0.375.